The third-order valence-electron chi connectivity index (χ3n) is 2.18. The number of fused-ring (bicyclic) bond motifs is 1. The summed E-state index contributed by atoms with van der Waals surface area (Å²) in [6.45, 7) is 0. The second-order valence-electron chi connectivity index (χ2n) is 3.47. The van der Waals surface area contributed by atoms with Crippen LogP contribution >= 0.6 is 0 Å². The van der Waals surface area contributed by atoms with Crippen molar-refractivity contribution in [3.05, 3.63) is 30.0 Å². The zero-order chi connectivity index (χ0) is 11.1. The second-order valence-corrected chi connectivity index (χ2v) is 5.08. The fourth-order valence-corrected chi connectivity index (χ4v) is 2.16. The van der Waals surface area contributed by atoms with Crippen molar-refractivity contribution in [3.63, 3.8) is 0 Å². The lowest BCUT2D eigenvalue weighted by molar-refractivity contribution is 0.597. The van der Waals surface area contributed by atoms with Crippen molar-refractivity contribution in [3.8, 4) is 0 Å². The number of nitrogens with zero attached hydrogens (tertiary/aromatic N) is 2. The van der Waals surface area contributed by atoms with Crippen molar-refractivity contribution in [1.82, 2.24) is 9.78 Å². The highest BCUT2D eigenvalue weighted by Crippen LogP contribution is 2.15. The van der Waals surface area contributed by atoms with E-state index in [0.29, 0.717) is 5.56 Å². The number of primary sulfonamides is 1. The third kappa shape index (κ3) is 2.16. The molecule has 0 saturated heterocycles. The molecule has 0 bridgehead atoms. The molecule has 0 aliphatic rings. The predicted octanol–water partition coefficient (Wildman–Crippen LogP) is 0.362. The summed E-state index contributed by atoms with van der Waals surface area (Å²) in [4.78, 5) is 0. The highest BCUT2D eigenvalue weighted by molar-refractivity contribution is 7.88. The number of rotatable bonds is 2. The van der Waals surface area contributed by atoms with Gasteiger partial charge in [0.25, 0.3) is 0 Å². The SMILES string of the molecule is Cn1ncc2ccc(CS(N)(=O)=O)cc21. The minimum absolute atomic E-state index is 0.145. The van der Waals surface area contributed by atoms with E-state index in [4.69, 9.17) is 5.14 Å². The van der Waals surface area contributed by atoms with Gasteiger partial charge in [-0.05, 0) is 11.6 Å². The molecule has 2 N–H and O–H groups in total. The Balaban J connectivity index is 2.51. The molecule has 0 saturated carbocycles. The number of aryl methyl sites for hydroxylation is 1. The maximum Gasteiger partial charge on any atom is 0.213 e. The maximum absolute atomic E-state index is 10.9. The van der Waals surface area contributed by atoms with Crippen LogP contribution in [0, 0.1) is 0 Å². The first-order valence-electron chi connectivity index (χ1n) is 4.37. The molecule has 5 nitrogen and oxygen atoms in total. The van der Waals surface area contributed by atoms with Gasteiger partial charge in [0.1, 0.15) is 0 Å². The molecule has 0 unspecified atom stereocenters. The first kappa shape index (κ1) is 10.1. The van der Waals surface area contributed by atoms with Gasteiger partial charge in [0.15, 0.2) is 0 Å². The molecule has 0 spiro atoms. The number of hydrogen-bond donors (Lipinski definition) is 1. The average molecular weight is 225 g/mol. The minimum atomic E-state index is -3.47. The lowest BCUT2D eigenvalue weighted by Crippen LogP contribution is -2.14. The van der Waals surface area contributed by atoms with E-state index in [9.17, 15) is 8.42 Å². The molecule has 0 fully saturated rings. The summed E-state index contributed by atoms with van der Waals surface area (Å²) in [7, 11) is -1.66. The zero-order valence-electron chi connectivity index (χ0n) is 8.21. The monoisotopic (exact) mass is 225 g/mol. The smallest absolute Gasteiger partial charge is 0.213 e. The number of hydrogen-bond acceptors (Lipinski definition) is 3. The topological polar surface area (TPSA) is 78.0 Å². The van der Waals surface area contributed by atoms with Crippen LogP contribution in [0.2, 0.25) is 0 Å². The Bertz CT molecular complexity index is 601. The largest absolute Gasteiger partial charge is 0.268 e. The summed E-state index contributed by atoms with van der Waals surface area (Å²) in [5.74, 6) is -0.145. The fourth-order valence-electron chi connectivity index (χ4n) is 1.51. The molecule has 1 aromatic heterocycles. The number of sulfonamides is 1. The molecule has 6 heteroatoms. The van der Waals surface area contributed by atoms with Crippen LogP contribution in [0.5, 0.6) is 0 Å². The van der Waals surface area contributed by atoms with Crippen LogP contribution in [-0.4, -0.2) is 18.2 Å². The van der Waals surface area contributed by atoms with Crippen molar-refractivity contribution in [2.24, 2.45) is 12.2 Å². The van der Waals surface area contributed by atoms with Gasteiger partial charge in [0.2, 0.25) is 10.0 Å². The molecule has 2 rings (SSSR count). The summed E-state index contributed by atoms with van der Waals surface area (Å²) in [5.41, 5.74) is 1.57. The van der Waals surface area contributed by atoms with Crippen LogP contribution in [0.15, 0.2) is 24.4 Å². The average Bonchev–Trinajstić information content (AvgIpc) is 2.45. The van der Waals surface area contributed by atoms with E-state index >= 15 is 0 Å². The Morgan fingerprint density at radius 3 is 2.87 bits per heavy atom. The van der Waals surface area contributed by atoms with Crippen LogP contribution in [0.4, 0.5) is 0 Å². The summed E-state index contributed by atoms with van der Waals surface area (Å²) in [5, 5.41) is 10.0. The molecule has 0 amide bonds. The van der Waals surface area contributed by atoms with Crippen molar-refractivity contribution >= 4 is 20.9 Å². The molecular weight excluding hydrogens is 214 g/mol. The van der Waals surface area contributed by atoms with E-state index in [2.05, 4.69) is 5.10 Å². The van der Waals surface area contributed by atoms with Gasteiger partial charge < -0.3 is 0 Å². The summed E-state index contributed by atoms with van der Waals surface area (Å²) >= 11 is 0. The Hall–Kier alpha value is -1.40. The van der Waals surface area contributed by atoms with Gasteiger partial charge in [0.05, 0.1) is 17.5 Å². The third-order valence-corrected chi connectivity index (χ3v) is 2.92. The molecule has 2 aromatic rings. The van der Waals surface area contributed by atoms with Gasteiger partial charge in [-0.3, -0.25) is 4.68 Å². The molecule has 1 aromatic carbocycles. The summed E-state index contributed by atoms with van der Waals surface area (Å²) in [6, 6.07) is 5.37. The standard InChI is InChI=1S/C9H11N3O2S/c1-12-9-4-7(6-15(10,13)14)2-3-8(9)5-11-12/h2-5H,6H2,1H3,(H2,10,13,14). The first-order chi connectivity index (χ1) is 6.96. The molecule has 0 aliphatic carbocycles. The van der Waals surface area contributed by atoms with E-state index < -0.39 is 10.0 Å². The Morgan fingerprint density at radius 2 is 2.20 bits per heavy atom. The predicted molar refractivity (Wildman–Crippen MR) is 57.5 cm³/mol. The second kappa shape index (κ2) is 3.32. The number of nitrogens with two attached hydrogens (primary N) is 1. The molecule has 1 heterocycles. The molecule has 0 aliphatic heterocycles. The fraction of sp³-hybridized carbons (Fsp3) is 0.222. The Morgan fingerprint density at radius 1 is 1.47 bits per heavy atom. The van der Waals surface area contributed by atoms with Gasteiger partial charge in [0, 0.05) is 12.4 Å². The highest BCUT2D eigenvalue weighted by Gasteiger charge is 2.07. The minimum Gasteiger partial charge on any atom is -0.268 e. The quantitative estimate of drug-likeness (QED) is 0.801. The van der Waals surface area contributed by atoms with E-state index in [1.807, 2.05) is 13.1 Å². The van der Waals surface area contributed by atoms with Gasteiger partial charge in [-0.2, -0.15) is 5.10 Å². The Kier molecular flexibility index (Phi) is 2.24. The molecular formula is C9H11N3O2S. The molecule has 0 atom stereocenters. The van der Waals surface area contributed by atoms with Gasteiger partial charge in [-0.1, -0.05) is 12.1 Å². The molecule has 0 radical (unpaired) electrons. The van der Waals surface area contributed by atoms with E-state index in [0.717, 1.165) is 10.9 Å². The summed E-state index contributed by atoms with van der Waals surface area (Å²) in [6.07, 6.45) is 1.73. The van der Waals surface area contributed by atoms with Gasteiger partial charge >= 0.3 is 0 Å². The van der Waals surface area contributed by atoms with Crippen molar-refractivity contribution in [2.75, 3.05) is 0 Å². The van der Waals surface area contributed by atoms with Crippen molar-refractivity contribution in [2.45, 2.75) is 5.75 Å². The lowest BCUT2D eigenvalue weighted by atomic mass is 10.2. The van der Waals surface area contributed by atoms with Crippen LogP contribution < -0.4 is 5.14 Å². The van der Waals surface area contributed by atoms with Crippen LogP contribution in [-0.2, 0) is 22.8 Å². The van der Waals surface area contributed by atoms with E-state index in [-0.39, 0.29) is 5.75 Å². The Labute approximate surface area is 87.6 Å². The van der Waals surface area contributed by atoms with Gasteiger partial charge in [-0.15, -0.1) is 0 Å². The maximum atomic E-state index is 10.9. The number of benzene rings is 1. The van der Waals surface area contributed by atoms with Crippen molar-refractivity contribution < 1.29 is 8.42 Å². The van der Waals surface area contributed by atoms with Crippen LogP contribution in [0.1, 0.15) is 5.56 Å². The van der Waals surface area contributed by atoms with E-state index in [1.165, 1.54) is 0 Å². The first-order valence-corrected chi connectivity index (χ1v) is 6.08. The zero-order valence-corrected chi connectivity index (χ0v) is 9.03. The van der Waals surface area contributed by atoms with Crippen molar-refractivity contribution in [1.29, 1.82) is 0 Å². The van der Waals surface area contributed by atoms with Crippen LogP contribution in [0.25, 0.3) is 10.9 Å². The highest BCUT2D eigenvalue weighted by atomic mass is 32.2. The lowest BCUT2D eigenvalue weighted by Gasteiger charge is -2.00. The van der Waals surface area contributed by atoms with Gasteiger partial charge in [-0.25, -0.2) is 13.6 Å². The van der Waals surface area contributed by atoms with Crippen LogP contribution in [0.3, 0.4) is 0 Å². The molecule has 15 heavy (non-hydrogen) atoms. The van der Waals surface area contributed by atoms with E-state index in [1.54, 1.807) is 23.0 Å². The molecule has 80 valence electrons. The summed E-state index contributed by atoms with van der Waals surface area (Å²) < 4.78 is 23.5. The number of aromatic nitrogens is 2. The normalized spacial score (nSPS) is 12.1.